The minimum absolute atomic E-state index is 0.0650. The van der Waals surface area contributed by atoms with Crippen LogP contribution in [0, 0.1) is 11.5 Å². The van der Waals surface area contributed by atoms with Crippen LogP contribution in [0.1, 0.15) is 16.5 Å². The molecule has 0 radical (unpaired) electrons. The van der Waals surface area contributed by atoms with Crippen molar-refractivity contribution in [3.8, 4) is 6.19 Å². The minimum atomic E-state index is -1.09. The summed E-state index contributed by atoms with van der Waals surface area (Å²) in [5.74, 6) is -1.09. The van der Waals surface area contributed by atoms with E-state index in [9.17, 15) is 4.79 Å². The molecule has 1 fully saturated rings. The van der Waals surface area contributed by atoms with Crippen LogP contribution in [0.2, 0.25) is 0 Å². The Bertz CT molecular complexity index is 400. The normalized spacial score (nSPS) is 16.1. The number of nitrogens with zero attached hydrogens (tertiary/aromatic N) is 5. The maximum absolute atomic E-state index is 10.5. The average Bonchev–Trinajstić information content (AvgIpc) is 2.51. The summed E-state index contributed by atoms with van der Waals surface area (Å²) in [6.45, 7) is 1.14. The number of rotatable bonds is 2. The Morgan fingerprint density at radius 1 is 1.71 bits per heavy atom. The largest absolute Gasteiger partial charge is 0.476 e. The minimum Gasteiger partial charge on any atom is -0.476 e. The summed E-state index contributed by atoms with van der Waals surface area (Å²) in [7, 11) is 0. The van der Waals surface area contributed by atoms with Crippen molar-refractivity contribution < 1.29 is 9.90 Å². The second-order valence-corrected chi connectivity index (χ2v) is 3.05. The number of carboxylic acids is 1. The number of nitriles is 1. The highest BCUT2D eigenvalue weighted by Gasteiger charge is 2.28. The zero-order valence-corrected chi connectivity index (χ0v) is 7.16. The Hall–Kier alpha value is -2.10. The summed E-state index contributed by atoms with van der Waals surface area (Å²) in [5.41, 5.74) is -0.0691. The van der Waals surface area contributed by atoms with Gasteiger partial charge in [0.1, 0.15) is 0 Å². The molecular weight excluding hydrogens is 186 g/mol. The van der Waals surface area contributed by atoms with Gasteiger partial charge in [-0.25, -0.2) is 9.48 Å². The number of hydrogen-bond acceptors (Lipinski definition) is 5. The van der Waals surface area contributed by atoms with Gasteiger partial charge in [0.15, 0.2) is 11.9 Å². The summed E-state index contributed by atoms with van der Waals surface area (Å²) in [6, 6.07) is 0.0650. The SMILES string of the molecule is N#CN1CC(n2cc(C(=O)O)nn2)C1. The van der Waals surface area contributed by atoms with Crippen molar-refractivity contribution in [2.45, 2.75) is 6.04 Å². The molecule has 0 saturated carbocycles. The summed E-state index contributed by atoms with van der Waals surface area (Å²) < 4.78 is 1.48. The zero-order valence-electron chi connectivity index (χ0n) is 7.16. The first-order valence-corrected chi connectivity index (χ1v) is 4.00. The van der Waals surface area contributed by atoms with E-state index in [2.05, 4.69) is 10.3 Å². The van der Waals surface area contributed by atoms with Gasteiger partial charge < -0.3 is 10.0 Å². The van der Waals surface area contributed by atoms with Crippen molar-refractivity contribution in [2.75, 3.05) is 13.1 Å². The molecule has 1 N–H and O–H groups in total. The quantitative estimate of drug-likeness (QED) is 0.625. The predicted molar refractivity (Wildman–Crippen MR) is 43.2 cm³/mol. The van der Waals surface area contributed by atoms with E-state index in [4.69, 9.17) is 10.4 Å². The molecule has 0 aromatic carbocycles. The number of carbonyl (C=O) groups is 1. The van der Waals surface area contributed by atoms with Crippen LogP contribution in [0.25, 0.3) is 0 Å². The van der Waals surface area contributed by atoms with Crippen LogP contribution < -0.4 is 0 Å². The van der Waals surface area contributed by atoms with Crippen molar-refractivity contribution in [1.82, 2.24) is 19.9 Å². The van der Waals surface area contributed by atoms with E-state index in [1.54, 1.807) is 4.90 Å². The maximum atomic E-state index is 10.5. The number of carboxylic acid groups (broad SMARTS) is 1. The van der Waals surface area contributed by atoms with E-state index < -0.39 is 5.97 Å². The van der Waals surface area contributed by atoms with E-state index in [1.165, 1.54) is 10.9 Å². The number of aromatic nitrogens is 3. The first-order chi connectivity index (χ1) is 6.70. The highest BCUT2D eigenvalue weighted by Crippen LogP contribution is 2.18. The Balaban J connectivity index is 2.05. The molecule has 0 atom stereocenters. The summed E-state index contributed by atoms with van der Waals surface area (Å²) in [4.78, 5) is 12.0. The molecule has 0 spiro atoms. The summed E-state index contributed by atoms with van der Waals surface area (Å²) >= 11 is 0. The van der Waals surface area contributed by atoms with Crippen LogP contribution in [-0.2, 0) is 0 Å². The van der Waals surface area contributed by atoms with Crippen molar-refractivity contribution in [3.63, 3.8) is 0 Å². The van der Waals surface area contributed by atoms with Gasteiger partial charge in [0.05, 0.1) is 25.3 Å². The van der Waals surface area contributed by atoms with Crippen molar-refractivity contribution >= 4 is 5.97 Å². The van der Waals surface area contributed by atoms with Gasteiger partial charge in [0, 0.05) is 0 Å². The molecule has 2 heterocycles. The van der Waals surface area contributed by atoms with Crippen LogP contribution in [0.15, 0.2) is 6.20 Å². The Kier molecular flexibility index (Phi) is 1.81. The van der Waals surface area contributed by atoms with Gasteiger partial charge >= 0.3 is 5.97 Å². The molecule has 0 bridgehead atoms. The lowest BCUT2D eigenvalue weighted by molar-refractivity contribution is 0.0690. The number of aromatic carboxylic acids is 1. The Morgan fingerprint density at radius 2 is 2.43 bits per heavy atom. The lowest BCUT2D eigenvalue weighted by atomic mass is 10.1. The second kappa shape index (κ2) is 2.99. The lowest BCUT2D eigenvalue weighted by Gasteiger charge is -2.34. The van der Waals surface area contributed by atoms with Crippen molar-refractivity contribution in [1.29, 1.82) is 5.26 Å². The predicted octanol–water partition coefficient (Wildman–Crippen LogP) is -0.686. The van der Waals surface area contributed by atoms with Gasteiger partial charge in [-0.1, -0.05) is 5.21 Å². The first-order valence-electron chi connectivity index (χ1n) is 4.00. The highest BCUT2D eigenvalue weighted by atomic mass is 16.4. The number of hydrogen-bond donors (Lipinski definition) is 1. The monoisotopic (exact) mass is 193 g/mol. The summed E-state index contributed by atoms with van der Waals surface area (Å²) in [5, 5.41) is 24.2. The van der Waals surface area contributed by atoms with E-state index in [0.29, 0.717) is 13.1 Å². The molecule has 0 aliphatic carbocycles. The van der Waals surface area contributed by atoms with Crippen LogP contribution >= 0.6 is 0 Å². The van der Waals surface area contributed by atoms with Gasteiger partial charge in [-0.3, -0.25) is 0 Å². The third kappa shape index (κ3) is 1.26. The van der Waals surface area contributed by atoms with Crippen molar-refractivity contribution in [2.24, 2.45) is 0 Å². The zero-order chi connectivity index (χ0) is 10.1. The molecule has 1 aromatic heterocycles. The third-order valence-electron chi connectivity index (χ3n) is 2.11. The first kappa shape index (κ1) is 8.50. The molecule has 7 nitrogen and oxygen atoms in total. The van der Waals surface area contributed by atoms with E-state index in [-0.39, 0.29) is 11.7 Å². The van der Waals surface area contributed by atoms with Crippen LogP contribution in [0.5, 0.6) is 0 Å². The fourth-order valence-corrected chi connectivity index (χ4v) is 1.26. The van der Waals surface area contributed by atoms with Crippen LogP contribution in [0.3, 0.4) is 0 Å². The molecule has 7 heteroatoms. The molecule has 1 aliphatic heterocycles. The fourth-order valence-electron chi connectivity index (χ4n) is 1.26. The fraction of sp³-hybridized carbons (Fsp3) is 0.429. The molecule has 1 aromatic rings. The second-order valence-electron chi connectivity index (χ2n) is 3.05. The molecular formula is C7H7N5O2. The topological polar surface area (TPSA) is 95.0 Å². The molecule has 1 saturated heterocycles. The van der Waals surface area contributed by atoms with E-state index >= 15 is 0 Å². The Morgan fingerprint density at radius 3 is 2.93 bits per heavy atom. The van der Waals surface area contributed by atoms with E-state index in [0.717, 1.165) is 0 Å². The smallest absolute Gasteiger partial charge is 0.358 e. The van der Waals surface area contributed by atoms with E-state index in [1.807, 2.05) is 6.19 Å². The molecule has 2 rings (SSSR count). The van der Waals surface area contributed by atoms with Crippen LogP contribution in [-0.4, -0.2) is 44.1 Å². The summed E-state index contributed by atoms with van der Waals surface area (Å²) in [6.07, 6.45) is 3.36. The van der Waals surface area contributed by atoms with Gasteiger partial charge in [0.2, 0.25) is 0 Å². The molecule has 0 unspecified atom stereocenters. The van der Waals surface area contributed by atoms with Gasteiger partial charge in [-0.2, -0.15) is 5.26 Å². The number of likely N-dealkylation sites (tertiary alicyclic amines) is 1. The van der Waals surface area contributed by atoms with Crippen LogP contribution in [0.4, 0.5) is 0 Å². The molecule has 0 amide bonds. The third-order valence-corrected chi connectivity index (χ3v) is 2.11. The molecule has 72 valence electrons. The Labute approximate surface area is 79.2 Å². The van der Waals surface area contributed by atoms with Crippen molar-refractivity contribution in [3.05, 3.63) is 11.9 Å². The van der Waals surface area contributed by atoms with Gasteiger partial charge in [-0.15, -0.1) is 5.10 Å². The van der Waals surface area contributed by atoms with Gasteiger partial charge in [0.25, 0.3) is 0 Å². The molecule has 14 heavy (non-hydrogen) atoms. The lowest BCUT2D eigenvalue weighted by Crippen LogP contribution is -2.44. The molecule has 1 aliphatic rings. The average molecular weight is 193 g/mol. The van der Waals surface area contributed by atoms with Gasteiger partial charge in [-0.05, 0) is 0 Å². The highest BCUT2D eigenvalue weighted by molar-refractivity contribution is 5.84. The maximum Gasteiger partial charge on any atom is 0.358 e. The standard InChI is InChI=1S/C7H7N5O2/c8-4-11-1-5(2-11)12-3-6(7(13)14)9-10-12/h3,5H,1-2H2,(H,13,14).